The van der Waals surface area contributed by atoms with Gasteiger partial charge in [-0.2, -0.15) is 0 Å². The normalized spacial score (nSPS) is 13.3. The van der Waals surface area contributed by atoms with E-state index in [4.69, 9.17) is 0 Å². The highest BCUT2D eigenvalue weighted by Crippen LogP contribution is 2.42. The van der Waals surface area contributed by atoms with Crippen molar-refractivity contribution in [3.05, 3.63) is 70.8 Å². The first-order valence-corrected chi connectivity index (χ1v) is 9.62. The van der Waals surface area contributed by atoms with Crippen LogP contribution in [0.2, 0.25) is 0 Å². The SMILES string of the molecule is CC(=O)C(C)(C)C(C(=O)C(C)(C)Cc1ccc(C)cc1)c1ccc(C)cc1. The largest absolute Gasteiger partial charge is 0.299 e. The van der Waals surface area contributed by atoms with E-state index in [1.807, 2.05) is 58.9 Å². The summed E-state index contributed by atoms with van der Waals surface area (Å²) < 4.78 is 0. The van der Waals surface area contributed by atoms with E-state index in [1.165, 1.54) is 5.56 Å². The molecule has 0 spiro atoms. The lowest BCUT2D eigenvalue weighted by atomic mass is 9.64. The van der Waals surface area contributed by atoms with Crippen molar-refractivity contribution in [2.45, 2.75) is 60.8 Å². The van der Waals surface area contributed by atoms with Crippen molar-refractivity contribution in [3.8, 4) is 0 Å². The zero-order valence-electron chi connectivity index (χ0n) is 17.7. The number of aryl methyl sites for hydroxylation is 2. The van der Waals surface area contributed by atoms with Crippen molar-refractivity contribution in [2.24, 2.45) is 10.8 Å². The Morgan fingerprint density at radius 1 is 0.815 bits per heavy atom. The minimum atomic E-state index is -0.753. The lowest BCUT2D eigenvalue weighted by Gasteiger charge is -2.37. The number of ketones is 2. The smallest absolute Gasteiger partial charge is 0.147 e. The first-order chi connectivity index (χ1) is 12.4. The predicted molar refractivity (Wildman–Crippen MR) is 112 cm³/mol. The second-order valence-corrected chi connectivity index (χ2v) is 9.03. The van der Waals surface area contributed by atoms with E-state index < -0.39 is 16.7 Å². The quantitative estimate of drug-likeness (QED) is 0.618. The van der Waals surface area contributed by atoms with Crippen molar-refractivity contribution in [3.63, 3.8) is 0 Å². The van der Waals surface area contributed by atoms with E-state index in [2.05, 4.69) is 31.2 Å². The molecule has 2 heteroatoms. The summed E-state index contributed by atoms with van der Waals surface area (Å²) in [6, 6.07) is 16.3. The Labute approximate surface area is 164 Å². The van der Waals surface area contributed by atoms with Crippen molar-refractivity contribution in [2.75, 3.05) is 0 Å². The second kappa shape index (κ2) is 7.80. The van der Waals surface area contributed by atoms with Gasteiger partial charge in [0.1, 0.15) is 11.6 Å². The van der Waals surface area contributed by atoms with Gasteiger partial charge < -0.3 is 0 Å². The molecule has 1 atom stereocenters. The summed E-state index contributed by atoms with van der Waals surface area (Å²) in [5, 5.41) is 0. The molecule has 2 aromatic rings. The fourth-order valence-electron chi connectivity index (χ4n) is 3.55. The maximum Gasteiger partial charge on any atom is 0.147 e. The maximum atomic E-state index is 13.7. The van der Waals surface area contributed by atoms with E-state index in [1.54, 1.807) is 6.92 Å². The molecule has 0 aliphatic rings. The van der Waals surface area contributed by atoms with Gasteiger partial charge in [0.05, 0.1) is 5.92 Å². The van der Waals surface area contributed by atoms with E-state index >= 15 is 0 Å². The Bertz CT molecular complexity index is 808. The number of Topliss-reactive ketones (excluding diaryl/α,β-unsaturated/α-hetero) is 2. The van der Waals surface area contributed by atoms with Gasteiger partial charge in [0, 0.05) is 10.8 Å². The average molecular weight is 365 g/mol. The zero-order chi connectivity index (χ0) is 20.4. The number of hydrogen-bond donors (Lipinski definition) is 0. The predicted octanol–water partition coefficient (Wildman–Crippen LogP) is 5.84. The van der Waals surface area contributed by atoms with Crippen LogP contribution in [0.25, 0.3) is 0 Å². The molecule has 0 amide bonds. The Morgan fingerprint density at radius 2 is 1.26 bits per heavy atom. The lowest BCUT2D eigenvalue weighted by molar-refractivity contribution is -0.137. The van der Waals surface area contributed by atoms with Gasteiger partial charge in [0.2, 0.25) is 0 Å². The minimum absolute atomic E-state index is 0.0348. The van der Waals surface area contributed by atoms with Crippen molar-refractivity contribution >= 4 is 11.6 Å². The molecule has 144 valence electrons. The maximum absolute atomic E-state index is 13.7. The lowest BCUT2D eigenvalue weighted by Crippen LogP contribution is -2.41. The van der Waals surface area contributed by atoms with Gasteiger partial charge in [0.25, 0.3) is 0 Å². The van der Waals surface area contributed by atoms with Gasteiger partial charge in [0.15, 0.2) is 0 Å². The molecule has 0 saturated carbocycles. The molecule has 0 aliphatic heterocycles. The second-order valence-electron chi connectivity index (χ2n) is 9.03. The van der Waals surface area contributed by atoms with Crippen molar-refractivity contribution < 1.29 is 9.59 Å². The van der Waals surface area contributed by atoms with Crippen molar-refractivity contribution in [1.29, 1.82) is 0 Å². The van der Waals surface area contributed by atoms with E-state index in [0.29, 0.717) is 6.42 Å². The Morgan fingerprint density at radius 3 is 1.70 bits per heavy atom. The molecule has 0 aromatic heterocycles. The molecule has 2 rings (SSSR count). The summed E-state index contributed by atoms with van der Waals surface area (Å²) >= 11 is 0. The Kier molecular flexibility index (Phi) is 6.09. The summed E-state index contributed by atoms with van der Waals surface area (Å²) in [6.07, 6.45) is 0.655. The highest BCUT2D eigenvalue weighted by atomic mass is 16.1. The van der Waals surface area contributed by atoms with Crippen LogP contribution in [0, 0.1) is 24.7 Å². The molecule has 1 unspecified atom stereocenters. The van der Waals surface area contributed by atoms with Crippen LogP contribution in [0.1, 0.15) is 62.8 Å². The molecule has 0 heterocycles. The van der Waals surface area contributed by atoms with Crippen LogP contribution in [0.4, 0.5) is 0 Å². The average Bonchev–Trinajstić information content (AvgIpc) is 2.58. The van der Waals surface area contributed by atoms with Crippen LogP contribution in [0.5, 0.6) is 0 Å². The summed E-state index contributed by atoms with van der Waals surface area (Å²) in [5.74, 6) is -0.310. The van der Waals surface area contributed by atoms with Gasteiger partial charge >= 0.3 is 0 Å². The number of hydrogen-bond acceptors (Lipinski definition) is 2. The first-order valence-electron chi connectivity index (χ1n) is 9.62. The van der Waals surface area contributed by atoms with Crippen LogP contribution < -0.4 is 0 Å². The third-order valence-corrected chi connectivity index (χ3v) is 5.74. The van der Waals surface area contributed by atoms with Gasteiger partial charge in [-0.1, -0.05) is 87.4 Å². The minimum Gasteiger partial charge on any atom is -0.299 e. The molecule has 0 N–H and O–H groups in total. The molecule has 0 aliphatic carbocycles. The van der Waals surface area contributed by atoms with Gasteiger partial charge in [-0.15, -0.1) is 0 Å². The molecule has 0 saturated heterocycles. The van der Waals surface area contributed by atoms with E-state index in [9.17, 15) is 9.59 Å². The van der Waals surface area contributed by atoms with Gasteiger partial charge in [-0.25, -0.2) is 0 Å². The molecular weight excluding hydrogens is 332 g/mol. The highest BCUT2D eigenvalue weighted by molar-refractivity contribution is 5.97. The van der Waals surface area contributed by atoms with Gasteiger partial charge in [-0.05, 0) is 38.3 Å². The zero-order valence-corrected chi connectivity index (χ0v) is 17.7. The van der Waals surface area contributed by atoms with Crippen LogP contribution in [0.3, 0.4) is 0 Å². The monoisotopic (exact) mass is 364 g/mol. The fourth-order valence-corrected chi connectivity index (χ4v) is 3.55. The molecular formula is C25H32O2. The van der Waals surface area contributed by atoms with Crippen LogP contribution in [0.15, 0.2) is 48.5 Å². The van der Waals surface area contributed by atoms with Crippen LogP contribution >= 0.6 is 0 Å². The standard InChI is InChI=1S/C25H32O2/c1-17-8-12-20(13-9-17)16-24(4,5)23(27)22(25(6,7)19(3)26)21-14-10-18(2)11-15-21/h8-15,22H,16H2,1-7H3. The Balaban J connectivity index is 2.44. The van der Waals surface area contributed by atoms with E-state index in [0.717, 1.165) is 16.7 Å². The molecule has 2 aromatic carbocycles. The molecule has 0 fully saturated rings. The Hall–Kier alpha value is -2.22. The number of carbonyl (C=O) groups excluding carboxylic acids is 2. The molecule has 0 bridgehead atoms. The first kappa shape index (κ1) is 21.1. The molecule has 27 heavy (non-hydrogen) atoms. The summed E-state index contributed by atoms with van der Waals surface area (Å²) in [4.78, 5) is 26.1. The van der Waals surface area contributed by atoms with Crippen LogP contribution in [-0.2, 0) is 16.0 Å². The van der Waals surface area contributed by atoms with Crippen molar-refractivity contribution in [1.82, 2.24) is 0 Å². The number of benzene rings is 2. The summed E-state index contributed by atoms with van der Waals surface area (Å²) in [5.41, 5.74) is 3.08. The fraction of sp³-hybridized carbons (Fsp3) is 0.440. The number of carbonyl (C=O) groups is 2. The third kappa shape index (κ3) is 4.74. The highest BCUT2D eigenvalue weighted by Gasteiger charge is 2.45. The number of rotatable bonds is 7. The summed E-state index contributed by atoms with van der Waals surface area (Å²) in [6.45, 7) is 13.4. The third-order valence-electron chi connectivity index (χ3n) is 5.74. The molecule has 0 radical (unpaired) electrons. The van der Waals surface area contributed by atoms with Gasteiger partial charge in [-0.3, -0.25) is 9.59 Å². The van der Waals surface area contributed by atoms with Crippen LogP contribution in [-0.4, -0.2) is 11.6 Å². The summed E-state index contributed by atoms with van der Waals surface area (Å²) in [7, 11) is 0. The van der Waals surface area contributed by atoms with E-state index in [-0.39, 0.29) is 11.6 Å². The topological polar surface area (TPSA) is 34.1 Å². The molecule has 2 nitrogen and oxygen atoms in total.